The maximum absolute atomic E-state index is 11.6. The summed E-state index contributed by atoms with van der Waals surface area (Å²) in [5.74, 6) is 1.49. The smallest absolute Gasteiger partial charge is 0.222 e. The van der Waals surface area contributed by atoms with Gasteiger partial charge in [0.1, 0.15) is 0 Å². The van der Waals surface area contributed by atoms with Gasteiger partial charge >= 0.3 is 0 Å². The van der Waals surface area contributed by atoms with Crippen LogP contribution in [-0.2, 0) is 9.53 Å². The number of nitrogens with zero attached hydrogens (tertiary/aromatic N) is 1. The van der Waals surface area contributed by atoms with E-state index in [0.29, 0.717) is 31.2 Å². The third kappa shape index (κ3) is 3.97. The molecule has 0 bridgehead atoms. The second-order valence-corrected chi connectivity index (χ2v) is 7.39. The van der Waals surface area contributed by atoms with Crippen molar-refractivity contribution < 1.29 is 9.53 Å². The molecule has 3 N–H and O–H groups in total. The number of carbonyl (C=O) groups is 1. The molecule has 1 saturated carbocycles. The lowest BCUT2D eigenvalue weighted by molar-refractivity contribution is -0.123. The molecule has 0 aromatic carbocycles. The van der Waals surface area contributed by atoms with Crippen molar-refractivity contribution in [3.05, 3.63) is 0 Å². The van der Waals surface area contributed by atoms with Gasteiger partial charge in [-0.15, -0.1) is 0 Å². The molecule has 2 aliphatic rings. The molecular formula is C17H32N4O2. The number of rotatable bonds is 6. The van der Waals surface area contributed by atoms with Crippen LogP contribution in [0.5, 0.6) is 0 Å². The number of guanidine groups is 1. The van der Waals surface area contributed by atoms with E-state index in [9.17, 15) is 4.79 Å². The number of aliphatic imine (C=N–C) groups is 1. The van der Waals surface area contributed by atoms with E-state index in [1.54, 1.807) is 0 Å². The summed E-state index contributed by atoms with van der Waals surface area (Å²) in [4.78, 5) is 16.1. The molecule has 6 nitrogen and oxygen atoms in total. The number of nitrogens with one attached hydrogen (secondary N) is 3. The summed E-state index contributed by atoms with van der Waals surface area (Å²) in [6.45, 7) is 13.2. The molecule has 0 radical (unpaired) electrons. The number of ether oxygens (including phenoxy) is 1. The van der Waals surface area contributed by atoms with Crippen molar-refractivity contribution in [2.45, 2.75) is 53.2 Å². The molecule has 6 heteroatoms. The molecule has 23 heavy (non-hydrogen) atoms. The minimum Gasteiger partial charge on any atom is -0.377 e. The van der Waals surface area contributed by atoms with Gasteiger partial charge in [0.15, 0.2) is 5.96 Å². The van der Waals surface area contributed by atoms with Crippen LogP contribution in [0.25, 0.3) is 0 Å². The van der Waals surface area contributed by atoms with Gasteiger partial charge in [-0.05, 0) is 13.3 Å². The van der Waals surface area contributed by atoms with Crippen LogP contribution in [0.3, 0.4) is 0 Å². The predicted octanol–water partition coefficient (Wildman–Crippen LogP) is 1.13. The first kappa shape index (κ1) is 18.0. The Kier molecular flexibility index (Phi) is 5.89. The maximum Gasteiger partial charge on any atom is 0.222 e. The topological polar surface area (TPSA) is 74.8 Å². The van der Waals surface area contributed by atoms with Gasteiger partial charge in [-0.3, -0.25) is 9.79 Å². The highest BCUT2D eigenvalue weighted by molar-refractivity contribution is 5.80. The van der Waals surface area contributed by atoms with E-state index in [-0.39, 0.29) is 17.2 Å². The Balaban J connectivity index is 1.86. The zero-order chi connectivity index (χ0) is 17.0. The van der Waals surface area contributed by atoms with Gasteiger partial charge in [0, 0.05) is 43.0 Å². The van der Waals surface area contributed by atoms with Gasteiger partial charge in [-0.25, -0.2) is 0 Å². The first-order chi connectivity index (χ1) is 10.9. The Labute approximate surface area is 139 Å². The summed E-state index contributed by atoms with van der Waals surface area (Å²) in [6, 6.07) is 0.387. The molecule has 2 fully saturated rings. The summed E-state index contributed by atoms with van der Waals surface area (Å²) in [5, 5.41) is 9.76. The Morgan fingerprint density at radius 1 is 1.35 bits per heavy atom. The Hall–Kier alpha value is -1.30. The van der Waals surface area contributed by atoms with E-state index >= 15 is 0 Å². The summed E-state index contributed by atoms with van der Waals surface area (Å²) >= 11 is 0. The van der Waals surface area contributed by atoms with E-state index in [4.69, 9.17) is 4.74 Å². The van der Waals surface area contributed by atoms with Crippen molar-refractivity contribution in [2.75, 3.05) is 26.2 Å². The van der Waals surface area contributed by atoms with Crippen molar-refractivity contribution in [3.8, 4) is 0 Å². The van der Waals surface area contributed by atoms with Crippen molar-refractivity contribution in [1.29, 1.82) is 0 Å². The Morgan fingerprint density at radius 2 is 2.09 bits per heavy atom. The highest BCUT2D eigenvalue weighted by atomic mass is 16.5. The van der Waals surface area contributed by atoms with Gasteiger partial charge in [-0.2, -0.15) is 0 Å². The summed E-state index contributed by atoms with van der Waals surface area (Å²) in [6.07, 6.45) is 1.49. The van der Waals surface area contributed by atoms with Gasteiger partial charge in [0.25, 0.3) is 0 Å². The summed E-state index contributed by atoms with van der Waals surface area (Å²) < 4.78 is 5.84. The molecule has 0 spiro atoms. The average Bonchev–Trinajstić information content (AvgIpc) is 2.95. The highest BCUT2D eigenvalue weighted by Gasteiger charge is 2.59. The van der Waals surface area contributed by atoms with E-state index in [1.807, 2.05) is 13.8 Å². The molecule has 1 amide bonds. The first-order valence-electron chi connectivity index (χ1n) is 8.82. The maximum atomic E-state index is 11.6. The van der Waals surface area contributed by atoms with Gasteiger partial charge < -0.3 is 20.7 Å². The first-order valence-corrected chi connectivity index (χ1v) is 8.82. The van der Waals surface area contributed by atoms with E-state index in [1.165, 1.54) is 0 Å². The second-order valence-electron chi connectivity index (χ2n) is 7.39. The lowest BCUT2D eigenvalue weighted by atomic mass is 9.57. The average molecular weight is 324 g/mol. The minimum absolute atomic E-state index is 0.0143. The highest BCUT2D eigenvalue weighted by Crippen LogP contribution is 2.52. The third-order valence-electron chi connectivity index (χ3n) is 4.94. The van der Waals surface area contributed by atoms with E-state index in [0.717, 1.165) is 25.5 Å². The van der Waals surface area contributed by atoms with Gasteiger partial charge in [-0.1, -0.05) is 27.7 Å². The lowest BCUT2D eigenvalue weighted by Gasteiger charge is -2.54. The van der Waals surface area contributed by atoms with Crippen LogP contribution in [0.1, 0.15) is 41.0 Å². The largest absolute Gasteiger partial charge is 0.377 e. The van der Waals surface area contributed by atoms with Crippen LogP contribution in [0, 0.1) is 17.3 Å². The lowest BCUT2D eigenvalue weighted by Crippen LogP contribution is -2.68. The number of fused-ring (bicyclic) bond motifs is 1. The zero-order valence-corrected chi connectivity index (χ0v) is 15.1. The number of hydrogen-bond donors (Lipinski definition) is 3. The van der Waals surface area contributed by atoms with E-state index < -0.39 is 0 Å². The Bertz CT molecular complexity index is 448. The van der Waals surface area contributed by atoms with Crippen LogP contribution in [-0.4, -0.2) is 50.3 Å². The summed E-state index contributed by atoms with van der Waals surface area (Å²) in [5.41, 5.74) is 0.128. The fraction of sp³-hybridized carbons (Fsp3) is 0.882. The monoisotopic (exact) mass is 324 g/mol. The molecule has 132 valence electrons. The van der Waals surface area contributed by atoms with Crippen LogP contribution in [0.15, 0.2) is 4.99 Å². The fourth-order valence-electron chi connectivity index (χ4n) is 3.64. The molecule has 3 atom stereocenters. The zero-order valence-electron chi connectivity index (χ0n) is 15.1. The molecule has 2 rings (SSSR count). The van der Waals surface area contributed by atoms with Gasteiger partial charge in [0.2, 0.25) is 5.91 Å². The molecule has 0 aromatic heterocycles. The fourth-order valence-corrected chi connectivity index (χ4v) is 3.64. The molecule has 1 aliphatic carbocycles. The van der Waals surface area contributed by atoms with E-state index in [2.05, 4.69) is 41.7 Å². The Morgan fingerprint density at radius 3 is 2.74 bits per heavy atom. The molecule has 1 heterocycles. The minimum atomic E-state index is 0.0143. The summed E-state index contributed by atoms with van der Waals surface area (Å²) in [7, 11) is 0. The van der Waals surface area contributed by atoms with Crippen molar-refractivity contribution in [2.24, 2.45) is 22.2 Å². The van der Waals surface area contributed by atoms with Crippen molar-refractivity contribution in [3.63, 3.8) is 0 Å². The SMILES string of the molecule is CCNC(=NCCNC(=O)C(C)C)NC1C2CCOC2C1(C)C. The van der Waals surface area contributed by atoms with Crippen LogP contribution < -0.4 is 16.0 Å². The van der Waals surface area contributed by atoms with Crippen LogP contribution in [0.2, 0.25) is 0 Å². The number of hydrogen-bond acceptors (Lipinski definition) is 3. The molecule has 1 saturated heterocycles. The van der Waals surface area contributed by atoms with Crippen molar-refractivity contribution >= 4 is 11.9 Å². The quantitative estimate of drug-likeness (QED) is 0.389. The van der Waals surface area contributed by atoms with Gasteiger partial charge in [0.05, 0.1) is 12.6 Å². The van der Waals surface area contributed by atoms with Crippen LogP contribution >= 0.6 is 0 Å². The molecule has 0 aromatic rings. The number of carbonyl (C=O) groups excluding carboxylic acids is 1. The normalized spacial score (nSPS) is 29.0. The molecule has 3 unspecified atom stereocenters. The third-order valence-corrected chi connectivity index (χ3v) is 4.94. The molecule has 1 aliphatic heterocycles. The second kappa shape index (κ2) is 7.51. The van der Waals surface area contributed by atoms with Crippen molar-refractivity contribution in [1.82, 2.24) is 16.0 Å². The van der Waals surface area contributed by atoms with Crippen LogP contribution in [0.4, 0.5) is 0 Å². The standard InChI is InChI=1S/C17H32N4O2/c1-6-18-16(20-9-8-19-15(22)11(2)3)21-13-12-7-10-23-14(12)17(13,4)5/h11-14H,6-10H2,1-5H3,(H,19,22)(H2,18,20,21). The predicted molar refractivity (Wildman–Crippen MR) is 92.4 cm³/mol. The number of amides is 1. The molecular weight excluding hydrogens is 292 g/mol.